The van der Waals surface area contributed by atoms with Crippen LogP contribution in [-0.4, -0.2) is 55.0 Å². The van der Waals surface area contributed by atoms with Crippen LogP contribution in [0.15, 0.2) is 0 Å². The van der Waals surface area contributed by atoms with Gasteiger partial charge in [0.15, 0.2) is 0 Å². The van der Waals surface area contributed by atoms with Crippen LogP contribution >= 0.6 is 0 Å². The molecule has 1 heterocycles. The van der Waals surface area contributed by atoms with Gasteiger partial charge in [-0.15, -0.1) is 0 Å². The zero-order chi connectivity index (χ0) is 11.6. The number of nitrogens with two attached hydrogens (primary N) is 1. The molecule has 2 atom stereocenters. The van der Waals surface area contributed by atoms with E-state index in [1.165, 1.54) is 0 Å². The lowest BCUT2D eigenvalue weighted by Gasteiger charge is -2.28. The van der Waals surface area contributed by atoms with Gasteiger partial charge < -0.3 is 15.5 Å². The summed E-state index contributed by atoms with van der Waals surface area (Å²) in [6.45, 7) is 6.00. The maximum Gasteiger partial charge on any atom is 0.239 e. The van der Waals surface area contributed by atoms with Crippen LogP contribution in [0.25, 0.3) is 0 Å². The van der Waals surface area contributed by atoms with Crippen LogP contribution in [-0.2, 0) is 4.79 Å². The van der Waals surface area contributed by atoms with Gasteiger partial charge in [-0.1, -0.05) is 13.8 Å². The number of amides is 1. The lowest BCUT2D eigenvalue weighted by atomic mass is 10.0. The molecule has 0 radical (unpaired) electrons. The first kappa shape index (κ1) is 12.5. The Bertz CT molecular complexity index is 230. The molecule has 1 rings (SSSR count). The van der Waals surface area contributed by atoms with E-state index in [1.807, 2.05) is 25.8 Å². The minimum absolute atomic E-state index is 0.0744. The number of carbonyl (C=O) groups excluding carboxylic acids is 1. The van der Waals surface area contributed by atoms with E-state index in [2.05, 4.69) is 11.9 Å². The van der Waals surface area contributed by atoms with Crippen LogP contribution in [0.3, 0.4) is 0 Å². The average molecular weight is 213 g/mol. The van der Waals surface area contributed by atoms with Crippen molar-refractivity contribution in [1.29, 1.82) is 0 Å². The number of hydrogen-bond donors (Lipinski definition) is 1. The molecule has 0 saturated carbocycles. The van der Waals surface area contributed by atoms with Gasteiger partial charge in [0.25, 0.3) is 0 Å². The molecule has 0 aromatic rings. The Kier molecular flexibility index (Phi) is 4.11. The molecule has 1 unspecified atom stereocenters. The Labute approximate surface area is 92.4 Å². The van der Waals surface area contributed by atoms with Crippen LogP contribution in [0.1, 0.15) is 20.3 Å². The molecule has 4 nitrogen and oxygen atoms in total. The standard InChI is InChI=1S/C11H23N3O/c1-8(2)10(12)11(15)14(4)9-5-6-13(3)7-9/h8-10H,5-7,12H2,1-4H3/t9?,10-/m0/s1. The van der Waals surface area contributed by atoms with Crippen molar-refractivity contribution in [3.63, 3.8) is 0 Å². The highest BCUT2D eigenvalue weighted by molar-refractivity contribution is 5.82. The smallest absolute Gasteiger partial charge is 0.239 e. The fourth-order valence-corrected chi connectivity index (χ4v) is 1.93. The topological polar surface area (TPSA) is 49.6 Å². The number of carbonyl (C=O) groups is 1. The zero-order valence-electron chi connectivity index (χ0n) is 10.2. The SMILES string of the molecule is CC(C)[C@H](N)C(=O)N(C)C1CCN(C)C1. The normalized spacial score (nSPS) is 24.5. The second kappa shape index (κ2) is 4.94. The van der Waals surface area contributed by atoms with Gasteiger partial charge in [-0.3, -0.25) is 4.79 Å². The predicted octanol–water partition coefficient (Wildman–Crippen LogP) is 0.132. The molecule has 1 amide bonds. The number of likely N-dealkylation sites (N-methyl/N-ethyl adjacent to an activating group) is 2. The molecule has 0 spiro atoms. The number of rotatable bonds is 3. The van der Waals surface area contributed by atoms with E-state index < -0.39 is 0 Å². The Balaban J connectivity index is 2.53. The van der Waals surface area contributed by atoms with E-state index in [9.17, 15) is 4.79 Å². The highest BCUT2D eigenvalue weighted by atomic mass is 16.2. The van der Waals surface area contributed by atoms with Crippen LogP contribution in [0.4, 0.5) is 0 Å². The summed E-state index contributed by atoms with van der Waals surface area (Å²) in [7, 11) is 3.95. The van der Waals surface area contributed by atoms with Crippen molar-refractivity contribution < 1.29 is 4.79 Å². The Morgan fingerprint density at radius 1 is 1.53 bits per heavy atom. The quantitative estimate of drug-likeness (QED) is 0.725. The van der Waals surface area contributed by atoms with E-state index in [1.54, 1.807) is 0 Å². The fourth-order valence-electron chi connectivity index (χ4n) is 1.93. The monoisotopic (exact) mass is 213 g/mol. The fraction of sp³-hybridized carbons (Fsp3) is 0.909. The maximum atomic E-state index is 12.0. The summed E-state index contributed by atoms with van der Waals surface area (Å²) < 4.78 is 0. The van der Waals surface area contributed by atoms with Gasteiger partial charge in [-0.2, -0.15) is 0 Å². The molecule has 88 valence electrons. The minimum Gasteiger partial charge on any atom is -0.340 e. The van der Waals surface area contributed by atoms with Crippen molar-refractivity contribution in [3.8, 4) is 0 Å². The van der Waals surface area contributed by atoms with Gasteiger partial charge in [0, 0.05) is 19.6 Å². The van der Waals surface area contributed by atoms with Gasteiger partial charge in [0.05, 0.1) is 6.04 Å². The molecule has 0 aromatic carbocycles. The third-order valence-corrected chi connectivity index (χ3v) is 3.27. The molecule has 2 N–H and O–H groups in total. The lowest BCUT2D eigenvalue weighted by molar-refractivity contribution is -0.134. The summed E-state index contributed by atoms with van der Waals surface area (Å²) >= 11 is 0. The Morgan fingerprint density at radius 3 is 2.53 bits per heavy atom. The summed E-state index contributed by atoms with van der Waals surface area (Å²) in [5.74, 6) is 0.282. The van der Waals surface area contributed by atoms with E-state index >= 15 is 0 Å². The molecule has 15 heavy (non-hydrogen) atoms. The van der Waals surface area contributed by atoms with E-state index in [-0.39, 0.29) is 17.9 Å². The Hall–Kier alpha value is -0.610. The van der Waals surface area contributed by atoms with Crippen LogP contribution in [0, 0.1) is 5.92 Å². The van der Waals surface area contributed by atoms with Crippen LogP contribution < -0.4 is 5.73 Å². The third kappa shape index (κ3) is 2.92. The maximum absolute atomic E-state index is 12.0. The summed E-state index contributed by atoms with van der Waals surface area (Å²) in [5.41, 5.74) is 5.86. The highest BCUT2D eigenvalue weighted by Gasteiger charge is 2.29. The summed E-state index contributed by atoms with van der Waals surface area (Å²) in [6, 6.07) is -0.0202. The van der Waals surface area contributed by atoms with E-state index in [4.69, 9.17) is 5.73 Å². The third-order valence-electron chi connectivity index (χ3n) is 3.27. The van der Waals surface area contributed by atoms with Gasteiger partial charge in [-0.05, 0) is 25.9 Å². The predicted molar refractivity (Wildman–Crippen MR) is 61.5 cm³/mol. The summed E-state index contributed by atoms with van der Waals surface area (Å²) in [5, 5.41) is 0. The number of nitrogens with zero attached hydrogens (tertiary/aromatic N) is 2. The molecule has 4 heteroatoms. The molecular weight excluding hydrogens is 190 g/mol. The van der Waals surface area contributed by atoms with E-state index in [0.717, 1.165) is 19.5 Å². The van der Waals surface area contributed by atoms with Crippen LogP contribution in [0.5, 0.6) is 0 Å². The van der Waals surface area contributed by atoms with Crippen molar-refractivity contribution in [3.05, 3.63) is 0 Å². The number of likely N-dealkylation sites (tertiary alicyclic amines) is 1. The van der Waals surface area contributed by atoms with Crippen LogP contribution in [0.2, 0.25) is 0 Å². The van der Waals surface area contributed by atoms with Crippen molar-refractivity contribution in [2.45, 2.75) is 32.4 Å². The molecule has 1 fully saturated rings. The van der Waals surface area contributed by atoms with Gasteiger partial charge >= 0.3 is 0 Å². The molecule has 1 saturated heterocycles. The first-order chi connectivity index (χ1) is 6.93. The molecule has 1 aliphatic heterocycles. The van der Waals surface area contributed by atoms with Gasteiger partial charge in [0.2, 0.25) is 5.91 Å². The first-order valence-electron chi connectivity index (χ1n) is 5.64. The number of hydrogen-bond acceptors (Lipinski definition) is 3. The highest BCUT2D eigenvalue weighted by Crippen LogP contribution is 2.14. The van der Waals surface area contributed by atoms with Crippen molar-refractivity contribution in [2.75, 3.05) is 27.2 Å². The minimum atomic E-state index is -0.360. The molecule has 0 bridgehead atoms. The van der Waals surface area contributed by atoms with Crippen molar-refractivity contribution in [1.82, 2.24) is 9.80 Å². The van der Waals surface area contributed by atoms with Gasteiger partial charge in [-0.25, -0.2) is 0 Å². The zero-order valence-corrected chi connectivity index (χ0v) is 10.2. The van der Waals surface area contributed by atoms with Crippen molar-refractivity contribution >= 4 is 5.91 Å². The van der Waals surface area contributed by atoms with Gasteiger partial charge in [0.1, 0.15) is 0 Å². The summed E-state index contributed by atoms with van der Waals surface area (Å²) in [6.07, 6.45) is 1.06. The largest absolute Gasteiger partial charge is 0.340 e. The molecule has 0 aromatic heterocycles. The average Bonchev–Trinajstić information content (AvgIpc) is 2.61. The lowest BCUT2D eigenvalue weighted by Crippen LogP contribution is -2.49. The second-order valence-electron chi connectivity index (χ2n) is 4.92. The first-order valence-corrected chi connectivity index (χ1v) is 5.64. The van der Waals surface area contributed by atoms with E-state index in [0.29, 0.717) is 6.04 Å². The molecule has 0 aliphatic carbocycles. The molecule has 1 aliphatic rings. The van der Waals surface area contributed by atoms with Crippen molar-refractivity contribution in [2.24, 2.45) is 11.7 Å². The second-order valence-corrected chi connectivity index (χ2v) is 4.92. The molecular formula is C11H23N3O. The Morgan fingerprint density at radius 2 is 2.13 bits per heavy atom. The summed E-state index contributed by atoms with van der Waals surface area (Å²) in [4.78, 5) is 16.0.